The summed E-state index contributed by atoms with van der Waals surface area (Å²) in [6.45, 7) is 17.7. The van der Waals surface area contributed by atoms with Gasteiger partial charge >= 0.3 is 0 Å². The Morgan fingerprint density at radius 2 is 1.05 bits per heavy atom. The predicted molar refractivity (Wildman–Crippen MR) is 176 cm³/mol. The van der Waals surface area contributed by atoms with Gasteiger partial charge in [-0.25, -0.2) is 0 Å². The summed E-state index contributed by atoms with van der Waals surface area (Å²) in [5.41, 5.74) is 15.1. The highest BCUT2D eigenvalue weighted by Gasteiger charge is 2.37. The van der Waals surface area contributed by atoms with Crippen LogP contribution in [0.2, 0.25) is 0 Å². The molecule has 0 radical (unpaired) electrons. The molecular weight excluding hydrogens is 510 g/mol. The van der Waals surface area contributed by atoms with Gasteiger partial charge in [-0.15, -0.1) is 0 Å². The van der Waals surface area contributed by atoms with Gasteiger partial charge in [-0.05, 0) is 74.8 Å². The molecule has 0 amide bonds. The van der Waals surface area contributed by atoms with Crippen LogP contribution in [0.15, 0.2) is 108 Å². The van der Waals surface area contributed by atoms with Crippen LogP contribution in [-0.4, -0.2) is 0 Å². The molecule has 0 saturated carbocycles. The lowest BCUT2D eigenvalue weighted by Crippen LogP contribution is -2.18. The summed E-state index contributed by atoms with van der Waals surface area (Å²) in [4.78, 5) is 2.35. The van der Waals surface area contributed by atoms with E-state index in [0.717, 1.165) is 33.3 Å². The Bertz CT molecular complexity index is 2090. The minimum absolute atomic E-state index is 0.104. The number of hydrogen-bond acceptors (Lipinski definition) is 2. The fourth-order valence-electron chi connectivity index (χ4n) is 7.47. The molecule has 1 aromatic heterocycles. The SMILES string of the molecule is C=c1oc2c(N(c3ccc4c(c3)C(C)(C)c3ccccc3-4)c3ccc4c(c3)C(C)(C)c3ccccc3-4)cccc2c1=C. The topological polar surface area (TPSA) is 16.4 Å². The maximum Gasteiger partial charge on any atom is 0.159 e. The Kier molecular flexibility index (Phi) is 4.96. The van der Waals surface area contributed by atoms with Gasteiger partial charge in [0, 0.05) is 32.8 Å². The van der Waals surface area contributed by atoms with Crippen molar-refractivity contribution in [1.82, 2.24) is 0 Å². The third-order valence-corrected chi connectivity index (χ3v) is 9.77. The van der Waals surface area contributed by atoms with Crippen LogP contribution in [0.25, 0.3) is 46.4 Å². The Labute approximate surface area is 246 Å². The number of nitrogens with zero attached hydrogens (tertiary/aromatic N) is 1. The van der Waals surface area contributed by atoms with Gasteiger partial charge in [0.15, 0.2) is 5.58 Å². The molecule has 0 atom stereocenters. The summed E-state index contributed by atoms with van der Waals surface area (Å²) in [5.74, 6) is 0. The van der Waals surface area contributed by atoms with E-state index in [1.54, 1.807) is 0 Å². The van der Waals surface area contributed by atoms with Crippen molar-refractivity contribution in [2.75, 3.05) is 4.90 Å². The van der Waals surface area contributed by atoms with Crippen LogP contribution in [0.1, 0.15) is 49.9 Å². The summed E-state index contributed by atoms with van der Waals surface area (Å²) < 4.78 is 6.31. The van der Waals surface area contributed by atoms with E-state index in [1.807, 2.05) is 0 Å². The first-order valence-electron chi connectivity index (χ1n) is 14.7. The summed E-state index contributed by atoms with van der Waals surface area (Å²) in [6, 6.07) is 37.7. The number of para-hydroxylation sites is 1. The van der Waals surface area contributed by atoms with E-state index in [4.69, 9.17) is 4.42 Å². The van der Waals surface area contributed by atoms with Crippen LogP contribution in [0, 0.1) is 0 Å². The number of fused-ring (bicyclic) bond motifs is 7. The quantitative estimate of drug-likeness (QED) is 0.221. The standard InChI is InChI=1S/C40H33NO/c1-24-25(2)42-38-28(24)14-11-17-37(38)41(26-18-20-31-29-12-7-9-15-33(29)39(3,4)35(31)22-26)27-19-21-32-30-13-8-10-16-34(30)40(5,6)36(32)23-27/h7-23H,1-2H2,3-6H3. The molecule has 0 saturated heterocycles. The summed E-state index contributed by atoms with van der Waals surface area (Å²) in [7, 11) is 0. The van der Waals surface area contributed by atoms with Gasteiger partial charge in [0.1, 0.15) is 5.42 Å². The minimum atomic E-state index is -0.104. The maximum atomic E-state index is 6.31. The zero-order chi connectivity index (χ0) is 29.0. The third kappa shape index (κ3) is 3.21. The van der Waals surface area contributed by atoms with Crippen molar-refractivity contribution in [3.8, 4) is 22.3 Å². The van der Waals surface area contributed by atoms with Crippen LogP contribution in [0.4, 0.5) is 17.1 Å². The van der Waals surface area contributed by atoms with E-state index in [9.17, 15) is 0 Å². The molecule has 0 aliphatic heterocycles. The first-order chi connectivity index (χ1) is 20.2. The van der Waals surface area contributed by atoms with Crippen molar-refractivity contribution in [1.29, 1.82) is 0 Å². The molecule has 0 unspecified atom stereocenters. The lowest BCUT2D eigenvalue weighted by molar-refractivity contribution is 0.578. The van der Waals surface area contributed by atoms with Crippen molar-refractivity contribution < 1.29 is 4.42 Å². The highest BCUT2D eigenvalue weighted by Crippen LogP contribution is 2.53. The van der Waals surface area contributed by atoms with E-state index in [1.165, 1.54) is 44.5 Å². The van der Waals surface area contributed by atoms with Gasteiger partial charge in [-0.1, -0.05) is 114 Å². The highest BCUT2D eigenvalue weighted by molar-refractivity contribution is 5.97. The number of hydrogen-bond donors (Lipinski definition) is 0. The van der Waals surface area contributed by atoms with Crippen molar-refractivity contribution in [2.45, 2.75) is 38.5 Å². The molecule has 0 bridgehead atoms. The van der Waals surface area contributed by atoms with Gasteiger partial charge in [-0.2, -0.15) is 0 Å². The smallest absolute Gasteiger partial charge is 0.159 e. The van der Waals surface area contributed by atoms with E-state index in [0.29, 0.717) is 5.42 Å². The van der Waals surface area contributed by atoms with Crippen molar-refractivity contribution in [2.24, 2.45) is 0 Å². The molecule has 42 heavy (non-hydrogen) atoms. The van der Waals surface area contributed by atoms with Crippen LogP contribution in [0.5, 0.6) is 0 Å². The fraction of sp³-hybridized carbons (Fsp3) is 0.150. The Morgan fingerprint density at radius 3 is 1.60 bits per heavy atom. The zero-order valence-electron chi connectivity index (χ0n) is 24.6. The first kappa shape index (κ1) is 24.9. The summed E-state index contributed by atoms with van der Waals surface area (Å²) in [5, 5.41) is 1.83. The molecule has 2 aliphatic carbocycles. The minimum Gasteiger partial charge on any atom is -0.454 e. The predicted octanol–water partition coefficient (Wildman–Crippen LogP) is 9.34. The van der Waals surface area contributed by atoms with Crippen LogP contribution < -0.4 is 15.5 Å². The first-order valence-corrected chi connectivity index (χ1v) is 14.7. The van der Waals surface area contributed by atoms with Gasteiger partial charge < -0.3 is 9.32 Å². The lowest BCUT2D eigenvalue weighted by atomic mass is 9.82. The molecule has 8 rings (SSSR count). The van der Waals surface area contributed by atoms with Crippen molar-refractivity contribution >= 4 is 41.2 Å². The second-order valence-electron chi connectivity index (χ2n) is 12.8. The van der Waals surface area contributed by atoms with Crippen LogP contribution in [0.3, 0.4) is 0 Å². The monoisotopic (exact) mass is 543 g/mol. The Balaban J connectivity index is 1.39. The van der Waals surface area contributed by atoms with E-state index < -0.39 is 0 Å². The normalized spacial score (nSPS) is 15.2. The molecule has 204 valence electrons. The lowest BCUT2D eigenvalue weighted by Gasteiger charge is -2.29. The Morgan fingerprint density at radius 1 is 0.548 bits per heavy atom. The molecule has 0 fully saturated rings. The van der Waals surface area contributed by atoms with Gasteiger partial charge in [0.2, 0.25) is 0 Å². The van der Waals surface area contributed by atoms with Gasteiger partial charge in [0.25, 0.3) is 0 Å². The van der Waals surface area contributed by atoms with Gasteiger partial charge in [0.05, 0.1) is 5.69 Å². The summed E-state index contributed by atoms with van der Waals surface area (Å²) in [6.07, 6.45) is 0. The molecule has 2 heteroatoms. The molecule has 0 N–H and O–H groups in total. The highest BCUT2D eigenvalue weighted by atomic mass is 16.3. The number of rotatable bonds is 3. The molecule has 2 aliphatic rings. The molecule has 5 aromatic carbocycles. The molecule has 2 nitrogen and oxygen atoms in total. The van der Waals surface area contributed by atoms with Crippen molar-refractivity contribution in [3.63, 3.8) is 0 Å². The zero-order valence-corrected chi connectivity index (χ0v) is 24.6. The second-order valence-corrected chi connectivity index (χ2v) is 12.8. The average molecular weight is 544 g/mol. The largest absolute Gasteiger partial charge is 0.454 e. The summed E-state index contributed by atoms with van der Waals surface area (Å²) >= 11 is 0. The van der Waals surface area contributed by atoms with Crippen LogP contribution >= 0.6 is 0 Å². The van der Waals surface area contributed by atoms with Crippen LogP contribution in [-0.2, 0) is 10.8 Å². The second kappa shape index (κ2) is 8.36. The van der Waals surface area contributed by atoms with E-state index in [-0.39, 0.29) is 10.8 Å². The van der Waals surface area contributed by atoms with Crippen molar-refractivity contribution in [3.05, 3.63) is 136 Å². The average Bonchev–Trinajstić information content (AvgIpc) is 3.51. The third-order valence-electron chi connectivity index (χ3n) is 9.77. The fourth-order valence-corrected chi connectivity index (χ4v) is 7.47. The number of furan rings is 1. The van der Waals surface area contributed by atoms with E-state index >= 15 is 0 Å². The Hall–Kier alpha value is -4.82. The molecule has 0 spiro atoms. The number of benzene rings is 5. The number of anilines is 3. The maximum absolute atomic E-state index is 6.31. The molecular formula is C40H33NO. The molecule has 1 heterocycles. The van der Waals surface area contributed by atoms with Gasteiger partial charge in [-0.3, -0.25) is 0 Å². The molecule has 6 aromatic rings. The van der Waals surface area contributed by atoms with E-state index in [2.05, 4.69) is 149 Å².